The molecule has 2 aromatic rings. The standard InChI is InChI=1S/C22H22N2O4/c25-20(23-16-4-2-1-3-5-16)17-13-22(17)8-10-24(11-9-22)21(26)15-6-7-18-19(12-15)28-14-27-18/h1-7,12,17H,8-11,13-14H2,(H,23,25)/t17-/m1/s1. The highest BCUT2D eigenvalue weighted by molar-refractivity contribution is 5.96. The lowest BCUT2D eigenvalue weighted by molar-refractivity contribution is -0.118. The molecule has 1 aliphatic carbocycles. The van der Waals surface area contributed by atoms with Gasteiger partial charge in [-0.15, -0.1) is 0 Å². The molecule has 0 radical (unpaired) electrons. The zero-order valence-electron chi connectivity index (χ0n) is 15.5. The number of carbonyl (C=O) groups excluding carboxylic acids is 2. The highest BCUT2D eigenvalue weighted by Crippen LogP contribution is 2.59. The normalized spacial score (nSPS) is 21.4. The van der Waals surface area contributed by atoms with E-state index in [9.17, 15) is 9.59 Å². The molecule has 0 bridgehead atoms. The van der Waals surface area contributed by atoms with Gasteiger partial charge in [-0.3, -0.25) is 9.59 Å². The van der Waals surface area contributed by atoms with Crippen LogP contribution in [0.4, 0.5) is 5.69 Å². The average Bonchev–Trinajstić information content (AvgIpc) is 3.21. The van der Waals surface area contributed by atoms with Crippen molar-refractivity contribution in [3.63, 3.8) is 0 Å². The van der Waals surface area contributed by atoms with Gasteiger partial charge >= 0.3 is 0 Å². The maximum absolute atomic E-state index is 12.8. The van der Waals surface area contributed by atoms with E-state index in [0.29, 0.717) is 30.2 Å². The summed E-state index contributed by atoms with van der Waals surface area (Å²) in [6.45, 7) is 1.57. The molecule has 2 amide bonds. The van der Waals surface area contributed by atoms with E-state index in [4.69, 9.17) is 9.47 Å². The fourth-order valence-electron chi connectivity index (χ4n) is 4.39. The van der Waals surface area contributed by atoms with Crippen LogP contribution in [-0.2, 0) is 4.79 Å². The van der Waals surface area contributed by atoms with Crippen LogP contribution < -0.4 is 14.8 Å². The van der Waals surface area contributed by atoms with Crippen molar-refractivity contribution in [1.29, 1.82) is 0 Å². The monoisotopic (exact) mass is 378 g/mol. The van der Waals surface area contributed by atoms with Gasteiger partial charge in [0, 0.05) is 30.3 Å². The van der Waals surface area contributed by atoms with Crippen LogP contribution in [0.25, 0.3) is 0 Å². The van der Waals surface area contributed by atoms with Gasteiger partial charge in [0.25, 0.3) is 5.91 Å². The third-order valence-corrected chi connectivity index (χ3v) is 6.21. The molecular formula is C22H22N2O4. The second-order valence-corrected chi connectivity index (χ2v) is 7.83. The van der Waals surface area contributed by atoms with E-state index in [0.717, 1.165) is 24.9 Å². The predicted octanol–water partition coefficient (Wildman–Crippen LogP) is 3.30. The van der Waals surface area contributed by atoms with Crippen molar-refractivity contribution in [2.45, 2.75) is 19.3 Å². The molecule has 1 N–H and O–H groups in total. The Morgan fingerprint density at radius 2 is 1.75 bits per heavy atom. The topological polar surface area (TPSA) is 67.9 Å². The molecule has 144 valence electrons. The Bertz CT molecular complexity index is 919. The lowest BCUT2D eigenvalue weighted by Gasteiger charge is -2.33. The number of amides is 2. The Hall–Kier alpha value is -3.02. The molecule has 2 fully saturated rings. The Morgan fingerprint density at radius 1 is 1.00 bits per heavy atom. The van der Waals surface area contributed by atoms with Gasteiger partial charge in [-0.25, -0.2) is 0 Å². The van der Waals surface area contributed by atoms with E-state index >= 15 is 0 Å². The number of hydrogen-bond acceptors (Lipinski definition) is 4. The highest BCUT2D eigenvalue weighted by Gasteiger charge is 2.58. The summed E-state index contributed by atoms with van der Waals surface area (Å²) in [6.07, 6.45) is 2.66. The van der Waals surface area contributed by atoms with Crippen LogP contribution >= 0.6 is 0 Å². The summed E-state index contributed by atoms with van der Waals surface area (Å²) in [6, 6.07) is 14.9. The van der Waals surface area contributed by atoms with Crippen LogP contribution in [0, 0.1) is 11.3 Å². The number of likely N-dealkylation sites (tertiary alicyclic amines) is 1. The summed E-state index contributed by atoms with van der Waals surface area (Å²) in [7, 11) is 0. The number of ether oxygens (including phenoxy) is 2. The van der Waals surface area contributed by atoms with Crippen LogP contribution in [0.3, 0.4) is 0 Å². The van der Waals surface area contributed by atoms with Gasteiger partial charge in [0.2, 0.25) is 12.7 Å². The predicted molar refractivity (Wildman–Crippen MR) is 103 cm³/mol. The summed E-state index contributed by atoms with van der Waals surface area (Å²) in [5.41, 5.74) is 1.52. The largest absolute Gasteiger partial charge is 0.454 e. The number of fused-ring (bicyclic) bond motifs is 1. The maximum Gasteiger partial charge on any atom is 0.253 e. The lowest BCUT2D eigenvalue weighted by Crippen LogP contribution is -2.40. The molecule has 2 aliphatic heterocycles. The Balaban J connectivity index is 1.19. The SMILES string of the molecule is O=C(Nc1ccccc1)[C@H]1CC12CCN(C(=O)c1ccc3c(c1)OCO3)CC2. The van der Waals surface area contributed by atoms with Crippen molar-refractivity contribution in [2.75, 3.05) is 25.2 Å². The van der Waals surface area contributed by atoms with Crippen LogP contribution in [-0.4, -0.2) is 36.6 Å². The van der Waals surface area contributed by atoms with Gasteiger partial charge in [0.05, 0.1) is 0 Å². The summed E-state index contributed by atoms with van der Waals surface area (Å²) >= 11 is 0. The van der Waals surface area contributed by atoms with Crippen LogP contribution in [0.2, 0.25) is 0 Å². The number of para-hydroxylation sites is 1. The van der Waals surface area contributed by atoms with Crippen molar-refractivity contribution in [2.24, 2.45) is 11.3 Å². The maximum atomic E-state index is 12.8. The van der Waals surface area contributed by atoms with E-state index in [2.05, 4.69) is 5.32 Å². The third-order valence-electron chi connectivity index (χ3n) is 6.21. The number of piperidine rings is 1. The molecule has 28 heavy (non-hydrogen) atoms. The van der Waals surface area contributed by atoms with E-state index in [1.54, 1.807) is 18.2 Å². The quantitative estimate of drug-likeness (QED) is 0.890. The average molecular weight is 378 g/mol. The Labute approximate surface area is 163 Å². The second kappa shape index (κ2) is 6.55. The first kappa shape index (κ1) is 17.1. The molecule has 1 saturated heterocycles. The smallest absolute Gasteiger partial charge is 0.253 e. The molecule has 6 heteroatoms. The van der Waals surface area contributed by atoms with E-state index in [1.807, 2.05) is 35.2 Å². The molecule has 1 saturated carbocycles. The minimum absolute atomic E-state index is 0.0130. The van der Waals surface area contributed by atoms with Gasteiger partial charge in [-0.2, -0.15) is 0 Å². The number of hydrogen-bond donors (Lipinski definition) is 1. The molecule has 0 unspecified atom stereocenters. The van der Waals surface area contributed by atoms with E-state index in [-0.39, 0.29) is 29.9 Å². The van der Waals surface area contributed by atoms with Crippen LogP contribution in [0.1, 0.15) is 29.6 Å². The van der Waals surface area contributed by atoms with Crippen LogP contribution in [0.15, 0.2) is 48.5 Å². The zero-order chi connectivity index (χ0) is 19.1. The molecule has 2 heterocycles. The van der Waals surface area contributed by atoms with Crippen molar-refractivity contribution >= 4 is 17.5 Å². The molecule has 1 spiro atoms. The number of benzene rings is 2. The minimum atomic E-state index is 0.0130. The van der Waals surface area contributed by atoms with Gasteiger partial charge < -0.3 is 19.7 Å². The van der Waals surface area contributed by atoms with Gasteiger partial charge in [-0.05, 0) is 55.0 Å². The van der Waals surface area contributed by atoms with Gasteiger partial charge in [0.15, 0.2) is 11.5 Å². The molecule has 2 aromatic carbocycles. The van der Waals surface area contributed by atoms with Crippen molar-refractivity contribution < 1.29 is 19.1 Å². The van der Waals surface area contributed by atoms with E-state index < -0.39 is 0 Å². The van der Waals surface area contributed by atoms with Crippen molar-refractivity contribution in [3.8, 4) is 11.5 Å². The minimum Gasteiger partial charge on any atom is -0.454 e. The summed E-state index contributed by atoms with van der Waals surface area (Å²) in [5, 5.41) is 3.01. The summed E-state index contributed by atoms with van der Waals surface area (Å²) in [4.78, 5) is 27.3. The number of nitrogens with one attached hydrogen (secondary N) is 1. The molecule has 5 rings (SSSR count). The number of rotatable bonds is 3. The molecule has 3 aliphatic rings. The van der Waals surface area contributed by atoms with Gasteiger partial charge in [0.1, 0.15) is 0 Å². The fourth-order valence-corrected chi connectivity index (χ4v) is 4.39. The fraction of sp³-hybridized carbons (Fsp3) is 0.364. The number of anilines is 1. The summed E-state index contributed by atoms with van der Waals surface area (Å²) in [5.74, 6) is 1.47. The molecule has 0 aromatic heterocycles. The second-order valence-electron chi connectivity index (χ2n) is 7.83. The molecular weight excluding hydrogens is 356 g/mol. The van der Waals surface area contributed by atoms with Crippen LogP contribution in [0.5, 0.6) is 11.5 Å². The van der Waals surface area contributed by atoms with Crippen molar-refractivity contribution in [1.82, 2.24) is 4.90 Å². The molecule has 1 atom stereocenters. The van der Waals surface area contributed by atoms with E-state index in [1.165, 1.54) is 0 Å². The summed E-state index contributed by atoms with van der Waals surface area (Å²) < 4.78 is 10.7. The first-order valence-electron chi connectivity index (χ1n) is 9.69. The molecule has 6 nitrogen and oxygen atoms in total. The highest BCUT2D eigenvalue weighted by atomic mass is 16.7. The third kappa shape index (κ3) is 2.99. The first-order valence-corrected chi connectivity index (χ1v) is 9.69. The zero-order valence-corrected chi connectivity index (χ0v) is 15.5. The number of nitrogens with zero attached hydrogens (tertiary/aromatic N) is 1. The Kier molecular flexibility index (Phi) is 4.00. The lowest BCUT2D eigenvalue weighted by atomic mass is 9.90. The first-order chi connectivity index (χ1) is 13.6. The van der Waals surface area contributed by atoms with Gasteiger partial charge in [-0.1, -0.05) is 18.2 Å². The number of carbonyl (C=O) groups is 2. The van der Waals surface area contributed by atoms with Crippen molar-refractivity contribution in [3.05, 3.63) is 54.1 Å². The Morgan fingerprint density at radius 3 is 2.54 bits per heavy atom.